The number of benzene rings is 1. The van der Waals surface area contributed by atoms with Crippen LogP contribution in [0.15, 0.2) is 42.6 Å². The van der Waals surface area contributed by atoms with Crippen LogP contribution in [0.1, 0.15) is 41.6 Å². The number of amides is 1. The molecule has 0 radical (unpaired) electrons. The lowest BCUT2D eigenvalue weighted by Gasteiger charge is -2.10. The predicted molar refractivity (Wildman–Crippen MR) is 95.9 cm³/mol. The summed E-state index contributed by atoms with van der Waals surface area (Å²) in [6, 6.07) is 10.8. The standard InChI is InChI=1S/C18H20N6O2/c1-12(2)24-16(21-22-23-24)11-26-15-8-4-7-14(10-15)18(25)20-17-13(3)6-5-9-19-17/h4-10,12H,11H2,1-3H3,(H,19,20,25). The maximum atomic E-state index is 12.5. The van der Waals surface area contributed by atoms with E-state index in [2.05, 4.69) is 25.8 Å². The molecule has 0 unspecified atom stereocenters. The van der Waals surface area contributed by atoms with Gasteiger partial charge in [0.25, 0.3) is 5.91 Å². The highest BCUT2D eigenvalue weighted by Gasteiger charge is 2.12. The maximum Gasteiger partial charge on any atom is 0.256 e. The molecule has 0 atom stereocenters. The van der Waals surface area contributed by atoms with Crippen LogP contribution in [0.25, 0.3) is 0 Å². The summed E-state index contributed by atoms with van der Waals surface area (Å²) in [6.45, 7) is 6.09. The van der Waals surface area contributed by atoms with E-state index in [1.165, 1.54) is 0 Å². The van der Waals surface area contributed by atoms with Crippen LogP contribution >= 0.6 is 0 Å². The first-order valence-corrected chi connectivity index (χ1v) is 8.27. The average molecular weight is 352 g/mol. The van der Waals surface area contributed by atoms with Crippen LogP contribution in [0.5, 0.6) is 5.75 Å². The Morgan fingerprint density at radius 2 is 2.12 bits per heavy atom. The molecule has 0 aliphatic carbocycles. The molecule has 0 fully saturated rings. The van der Waals surface area contributed by atoms with E-state index in [9.17, 15) is 4.79 Å². The number of aromatic nitrogens is 5. The predicted octanol–water partition coefficient (Wildman–Crippen LogP) is 2.79. The Hall–Kier alpha value is -3.29. The SMILES string of the molecule is Cc1cccnc1NC(=O)c1cccc(OCc2nnnn2C(C)C)c1. The number of carbonyl (C=O) groups is 1. The van der Waals surface area contributed by atoms with Crippen LogP contribution in [-0.2, 0) is 6.61 Å². The Labute approximate surface area is 151 Å². The molecular weight excluding hydrogens is 332 g/mol. The first-order valence-electron chi connectivity index (χ1n) is 8.27. The fourth-order valence-electron chi connectivity index (χ4n) is 2.38. The summed E-state index contributed by atoms with van der Waals surface area (Å²) >= 11 is 0. The zero-order valence-electron chi connectivity index (χ0n) is 14.9. The molecule has 0 aliphatic rings. The Kier molecular flexibility index (Phi) is 5.21. The van der Waals surface area contributed by atoms with Crippen molar-refractivity contribution in [3.63, 3.8) is 0 Å². The monoisotopic (exact) mass is 352 g/mol. The van der Waals surface area contributed by atoms with Crippen LogP contribution in [-0.4, -0.2) is 31.1 Å². The van der Waals surface area contributed by atoms with Crippen molar-refractivity contribution in [3.05, 3.63) is 59.5 Å². The third-order valence-corrected chi connectivity index (χ3v) is 3.76. The smallest absolute Gasteiger partial charge is 0.256 e. The summed E-state index contributed by atoms with van der Waals surface area (Å²) in [5.41, 5.74) is 1.38. The van der Waals surface area contributed by atoms with Gasteiger partial charge in [-0.25, -0.2) is 9.67 Å². The zero-order chi connectivity index (χ0) is 18.5. The van der Waals surface area contributed by atoms with E-state index >= 15 is 0 Å². The first kappa shape index (κ1) is 17.5. The summed E-state index contributed by atoms with van der Waals surface area (Å²) in [7, 11) is 0. The lowest BCUT2D eigenvalue weighted by atomic mass is 10.2. The summed E-state index contributed by atoms with van der Waals surface area (Å²) in [6.07, 6.45) is 1.64. The van der Waals surface area contributed by atoms with Crippen molar-refractivity contribution < 1.29 is 9.53 Å². The molecule has 8 nitrogen and oxygen atoms in total. The van der Waals surface area contributed by atoms with Gasteiger partial charge in [-0.15, -0.1) is 5.10 Å². The fourth-order valence-corrected chi connectivity index (χ4v) is 2.38. The largest absolute Gasteiger partial charge is 0.486 e. The number of anilines is 1. The number of nitrogens with one attached hydrogen (secondary N) is 1. The highest BCUT2D eigenvalue weighted by Crippen LogP contribution is 2.17. The van der Waals surface area contributed by atoms with Crippen LogP contribution in [0.4, 0.5) is 5.82 Å². The molecule has 0 bridgehead atoms. The van der Waals surface area contributed by atoms with Crippen molar-refractivity contribution in [1.82, 2.24) is 25.2 Å². The number of rotatable bonds is 6. The second kappa shape index (κ2) is 7.73. The third kappa shape index (κ3) is 4.02. The number of hydrogen-bond donors (Lipinski definition) is 1. The van der Waals surface area contributed by atoms with Crippen molar-refractivity contribution in [2.75, 3.05) is 5.32 Å². The van der Waals surface area contributed by atoms with Gasteiger partial charge in [-0.1, -0.05) is 12.1 Å². The fraction of sp³-hybridized carbons (Fsp3) is 0.278. The molecule has 1 amide bonds. The van der Waals surface area contributed by atoms with Crippen LogP contribution < -0.4 is 10.1 Å². The lowest BCUT2D eigenvalue weighted by Crippen LogP contribution is -2.14. The van der Waals surface area contributed by atoms with Crippen molar-refractivity contribution in [3.8, 4) is 5.75 Å². The van der Waals surface area contributed by atoms with Gasteiger partial charge in [-0.3, -0.25) is 4.79 Å². The number of carbonyl (C=O) groups excluding carboxylic acids is 1. The molecule has 26 heavy (non-hydrogen) atoms. The van der Waals surface area contributed by atoms with E-state index in [0.717, 1.165) is 5.56 Å². The second-order valence-electron chi connectivity index (χ2n) is 6.07. The van der Waals surface area contributed by atoms with Crippen molar-refractivity contribution in [1.29, 1.82) is 0 Å². The highest BCUT2D eigenvalue weighted by atomic mass is 16.5. The molecule has 8 heteroatoms. The number of nitrogens with zero attached hydrogens (tertiary/aromatic N) is 5. The number of hydrogen-bond acceptors (Lipinski definition) is 6. The summed E-state index contributed by atoms with van der Waals surface area (Å²) in [5, 5.41) is 14.4. The van der Waals surface area contributed by atoms with Crippen LogP contribution in [0, 0.1) is 6.92 Å². The number of aryl methyl sites for hydroxylation is 1. The van der Waals surface area contributed by atoms with E-state index in [1.54, 1.807) is 35.1 Å². The molecule has 0 aliphatic heterocycles. The quantitative estimate of drug-likeness (QED) is 0.733. The van der Waals surface area contributed by atoms with Gasteiger partial charge in [0.15, 0.2) is 5.82 Å². The molecule has 2 heterocycles. The average Bonchev–Trinajstić information content (AvgIpc) is 3.11. The summed E-state index contributed by atoms with van der Waals surface area (Å²) in [4.78, 5) is 16.6. The van der Waals surface area contributed by atoms with E-state index in [4.69, 9.17) is 4.74 Å². The normalized spacial score (nSPS) is 10.8. The van der Waals surface area contributed by atoms with E-state index in [0.29, 0.717) is 23.0 Å². The Balaban J connectivity index is 1.69. The van der Waals surface area contributed by atoms with Gasteiger partial charge >= 0.3 is 0 Å². The highest BCUT2D eigenvalue weighted by molar-refractivity contribution is 6.04. The molecule has 1 N–H and O–H groups in total. The van der Waals surface area contributed by atoms with Gasteiger partial charge in [0.1, 0.15) is 18.2 Å². The lowest BCUT2D eigenvalue weighted by molar-refractivity contribution is 0.102. The Morgan fingerprint density at radius 1 is 1.27 bits per heavy atom. The molecule has 0 saturated carbocycles. The van der Waals surface area contributed by atoms with Crippen molar-refractivity contribution in [2.45, 2.75) is 33.4 Å². The third-order valence-electron chi connectivity index (χ3n) is 3.76. The van der Waals surface area contributed by atoms with Crippen molar-refractivity contribution in [2.24, 2.45) is 0 Å². The molecular formula is C18H20N6O2. The zero-order valence-corrected chi connectivity index (χ0v) is 14.9. The minimum atomic E-state index is -0.246. The molecule has 134 valence electrons. The Morgan fingerprint density at radius 3 is 2.88 bits per heavy atom. The van der Waals surface area contributed by atoms with Gasteiger partial charge in [-0.2, -0.15) is 0 Å². The van der Waals surface area contributed by atoms with E-state index in [1.807, 2.05) is 32.9 Å². The first-order chi connectivity index (χ1) is 12.5. The van der Waals surface area contributed by atoms with Gasteiger partial charge < -0.3 is 10.1 Å². The van der Waals surface area contributed by atoms with Gasteiger partial charge in [0, 0.05) is 11.8 Å². The second-order valence-corrected chi connectivity index (χ2v) is 6.07. The van der Waals surface area contributed by atoms with Crippen molar-refractivity contribution >= 4 is 11.7 Å². The molecule has 3 rings (SSSR count). The number of ether oxygens (including phenoxy) is 1. The van der Waals surface area contributed by atoms with Gasteiger partial charge in [0.2, 0.25) is 0 Å². The van der Waals surface area contributed by atoms with Crippen LogP contribution in [0.3, 0.4) is 0 Å². The van der Waals surface area contributed by atoms with Gasteiger partial charge in [0.05, 0.1) is 6.04 Å². The van der Waals surface area contributed by atoms with Gasteiger partial charge in [-0.05, 0) is 61.0 Å². The molecule has 0 saturated heterocycles. The Bertz CT molecular complexity index is 906. The van der Waals surface area contributed by atoms with E-state index in [-0.39, 0.29) is 18.6 Å². The summed E-state index contributed by atoms with van der Waals surface area (Å²) < 4.78 is 7.44. The number of pyridine rings is 1. The minimum Gasteiger partial charge on any atom is -0.486 e. The maximum absolute atomic E-state index is 12.5. The minimum absolute atomic E-state index is 0.141. The molecule has 2 aromatic heterocycles. The van der Waals surface area contributed by atoms with Crippen LogP contribution in [0.2, 0.25) is 0 Å². The topological polar surface area (TPSA) is 94.8 Å². The molecule has 1 aromatic carbocycles. The molecule has 3 aromatic rings. The summed E-state index contributed by atoms with van der Waals surface area (Å²) in [5.74, 6) is 1.48. The van der Waals surface area contributed by atoms with E-state index < -0.39 is 0 Å². The molecule has 0 spiro atoms. The number of tetrazole rings is 1.